The van der Waals surface area contributed by atoms with Crippen molar-refractivity contribution in [3.05, 3.63) is 96.2 Å². The average molecular weight is 405 g/mol. The van der Waals surface area contributed by atoms with E-state index in [0.717, 1.165) is 11.3 Å². The Morgan fingerprint density at radius 2 is 1.32 bits per heavy atom. The van der Waals surface area contributed by atoms with E-state index in [9.17, 15) is 0 Å². The SMILES string of the molecule is CC(C)c1cccc(C(C)C)c1-n1c2ccccc2c2cc(-c3ccccn3)ccc21. The van der Waals surface area contributed by atoms with Gasteiger partial charge in [0.25, 0.3) is 0 Å². The third-order valence-electron chi connectivity index (χ3n) is 6.20. The van der Waals surface area contributed by atoms with Crippen LogP contribution in [0.4, 0.5) is 0 Å². The summed E-state index contributed by atoms with van der Waals surface area (Å²) in [5.74, 6) is 0.885. The second-order valence-electron chi connectivity index (χ2n) is 8.89. The maximum atomic E-state index is 4.57. The first-order valence-electron chi connectivity index (χ1n) is 11.1. The summed E-state index contributed by atoms with van der Waals surface area (Å²) in [5, 5.41) is 2.55. The Labute approximate surface area is 184 Å². The summed E-state index contributed by atoms with van der Waals surface area (Å²) in [5.41, 5.74) is 8.78. The number of hydrogen-bond donors (Lipinski definition) is 0. The summed E-state index contributed by atoms with van der Waals surface area (Å²) >= 11 is 0. The zero-order chi connectivity index (χ0) is 21.5. The Morgan fingerprint density at radius 3 is 2.00 bits per heavy atom. The van der Waals surface area contributed by atoms with Gasteiger partial charge in [-0.3, -0.25) is 4.98 Å². The predicted octanol–water partition coefficient (Wildman–Crippen LogP) is 8.09. The van der Waals surface area contributed by atoms with Crippen molar-refractivity contribution in [3.8, 4) is 16.9 Å². The van der Waals surface area contributed by atoms with Crippen LogP contribution in [-0.4, -0.2) is 9.55 Å². The lowest BCUT2D eigenvalue weighted by molar-refractivity contribution is 0.815. The normalized spacial score (nSPS) is 11.8. The van der Waals surface area contributed by atoms with Crippen molar-refractivity contribution in [2.24, 2.45) is 0 Å². The number of pyridine rings is 1. The molecule has 5 aromatic rings. The monoisotopic (exact) mass is 404 g/mol. The van der Waals surface area contributed by atoms with Crippen LogP contribution in [0, 0.1) is 0 Å². The smallest absolute Gasteiger partial charge is 0.0702 e. The molecule has 0 atom stereocenters. The molecule has 2 nitrogen and oxygen atoms in total. The summed E-state index contributed by atoms with van der Waals surface area (Å²) in [6, 6.07) is 28.4. The first-order valence-corrected chi connectivity index (χ1v) is 11.1. The lowest BCUT2D eigenvalue weighted by atomic mass is 9.92. The molecule has 0 amide bonds. The van der Waals surface area contributed by atoms with E-state index in [2.05, 4.69) is 104 Å². The predicted molar refractivity (Wildman–Crippen MR) is 132 cm³/mol. The van der Waals surface area contributed by atoms with Gasteiger partial charge in [0.05, 0.1) is 22.4 Å². The standard InChI is InChI=1S/C29H28N2/c1-19(2)22-11-9-12-23(20(3)4)29(22)31-27-14-6-5-10-24(27)25-18-21(15-16-28(25)31)26-13-7-8-17-30-26/h5-20H,1-4H3. The first-order chi connectivity index (χ1) is 15.1. The van der Waals surface area contributed by atoms with Crippen LogP contribution in [-0.2, 0) is 0 Å². The molecule has 0 saturated carbocycles. The minimum atomic E-state index is 0.442. The van der Waals surface area contributed by atoms with E-state index >= 15 is 0 Å². The molecule has 0 N–H and O–H groups in total. The Bertz CT molecular complexity index is 1350. The van der Waals surface area contributed by atoms with Gasteiger partial charge < -0.3 is 4.57 Å². The Morgan fingerprint density at radius 1 is 0.645 bits per heavy atom. The number of fused-ring (bicyclic) bond motifs is 3. The quantitative estimate of drug-likeness (QED) is 0.296. The van der Waals surface area contributed by atoms with E-state index in [1.54, 1.807) is 0 Å². The van der Waals surface area contributed by atoms with Crippen molar-refractivity contribution in [2.45, 2.75) is 39.5 Å². The van der Waals surface area contributed by atoms with E-state index in [4.69, 9.17) is 0 Å². The molecule has 0 aliphatic carbocycles. The van der Waals surface area contributed by atoms with Gasteiger partial charge in [-0.05, 0) is 53.3 Å². The molecule has 0 unspecified atom stereocenters. The summed E-state index contributed by atoms with van der Waals surface area (Å²) in [6.45, 7) is 9.15. The van der Waals surface area contributed by atoms with E-state index in [-0.39, 0.29) is 0 Å². The van der Waals surface area contributed by atoms with Gasteiger partial charge >= 0.3 is 0 Å². The second kappa shape index (κ2) is 7.70. The Hall–Kier alpha value is -3.39. The van der Waals surface area contributed by atoms with Crippen molar-refractivity contribution in [2.75, 3.05) is 0 Å². The van der Waals surface area contributed by atoms with Gasteiger partial charge in [-0.25, -0.2) is 0 Å². The van der Waals surface area contributed by atoms with Gasteiger partial charge in [0.15, 0.2) is 0 Å². The number of hydrogen-bond acceptors (Lipinski definition) is 1. The minimum Gasteiger partial charge on any atom is -0.309 e. The lowest BCUT2D eigenvalue weighted by Crippen LogP contribution is -2.07. The number of rotatable bonds is 4. The maximum absolute atomic E-state index is 4.57. The largest absolute Gasteiger partial charge is 0.309 e. The molecule has 3 aromatic carbocycles. The van der Waals surface area contributed by atoms with Crippen molar-refractivity contribution in [3.63, 3.8) is 0 Å². The third-order valence-corrected chi connectivity index (χ3v) is 6.20. The van der Waals surface area contributed by atoms with Gasteiger partial charge in [-0.1, -0.05) is 76.2 Å². The fourth-order valence-corrected chi connectivity index (χ4v) is 4.68. The van der Waals surface area contributed by atoms with Crippen LogP contribution >= 0.6 is 0 Å². The van der Waals surface area contributed by atoms with E-state index in [1.807, 2.05) is 18.3 Å². The molecular formula is C29H28N2. The molecule has 0 fully saturated rings. The molecule has 0 spiro atoms. The second-order valence-corrected chi connectivity index (χ2v) is 8.89. The molecule has 5 rings (SSSR count). The molecule has 0 aliphatic rings. The van der Waals surface area contributed by atoms with Gasteiger partial charge in [-0.2, -0.15) is 0 Å². The number of para-hydroxylation sites is 2. The van der Waals surface area contributed by atoms with Crippen LogP contribution < -0.4 is 0 Å². The first kappa shape index (κ1) is 19.6. The Kier molecular flexibility index (Phi) is 4.86. The molecule has 0 saturated heterocycles. The number of nitrogens with zero attached hydrogens (tertiary/aromatic N) is 2. The van der Waals surface area contributed by atoms with E-state index < -0.39 is 0 Å². The topological polar surface area (TPSA) is 17.8 Å². The van der Waals surface area contributed by atoms with E-state index in [0.29, 0.717) is 11.8 Å². The highest BCUT2D eigenvalue weighted by molar-refractivity contribution is 6.10. The Balaban J connectivity index is 1.89. The van der Waals surface area contributed by atoms with Crippen LogP contribution in [0.2, 0.25) is 0 Å². The number of benzene rings is 3. The van der Waals surface area contributed by atoms with Crippen molar-refractivity contribution < 1.29 is 0 Å². The molecule has 154 valence electrons. The highest BCUT2D eigenvalue weighted by Gasteiger charge is 2.20. The maximum Gasteiger partial charge on any atom is 0.0702 e. The molecule has 2 aromatic heterocycles. The molecule has 0 bridgehead atoms. The molecular weight excluding hydrogens is 376 g/mol. The lowest BCUT2D eigenvalue weighted by Gasteiger charge is -2.22. The van der Waals surface area contributed by atoms with Gasteiger partial charge in [0, 0.05) is 22.5 Å². The highest BCUT2D eigenvalue weighted by Crippen LogP contribution is 2.39. The zero-order valence-corrected chi connectivity index (χ0v) is 18.6. The van der Waals surface area contributed by atoms with Crippen LogP contribution in [0.1, 0.15) is 50.7 Å². The molecule has 2 heteroatoms. The van der Waals surface area contributed by atoms with Crippen LogP contribution in [0.3, 0.4) is 0 Å². The van der Waals surface area contributed by atoms with Gasteiger partial charge in [-0.15, -0.1) is 0 Å². The molecule has 0 aliphatic heterocycles. The van der Waals surface area contributed by atoms with Gasteiger partial charge in [0.1, 0.15) is 0 Å². The third kappa shape index (κ3) is 3.23. The number of aromatic nitrogens is 2. The van der Waals surface area contributed by atoms with Crippen LogP contribution in [0.25, 0.3) is 38.8 Å². The summed E-state index contributed by atoms with van der Waals surface area (Å²) < 4.78 is 2.48. The van der Waals surface area contributed by atoms with Crippen molar-refractivity contribution in [1.29, 1.82) is 0 Å². The molecule has 2 heterocycles. The molecule has 31 heavy (non-hydrogen) atoms. The summed E-state index contributed by atoms with van der Waals surface area (Å²) in [4.78, 5) is 4.57. The van der Waals surface area contributed by atoms with Crippen LogP contribution in [0.5, 0.6) is 0 Å². The van der Waals surface area contributed by atoms with Crippen LogP contribution in [0.15, 0.2) is 85.1 Å². The summed E-state index contributed by atoms with van der Waals surface area (Å²) in [7, 11) is 0. The fraction of sp³-hybridized carbons (Fsp3) is 0.207. The fourth-order valence-electron chi connectivity index (χ4n) is 4.68. The van der Waals surface area contributed by atoms with E-state index in [1.165, 1.54) is 38.6 Å². The average Bonchev–Trinajstić information content (AvgIpc) is 3.12. The zero-order valence-electron chi connectivity index (χ0n) is 18.6. The summed E-state index contributed by atoms with van der Waals surface area (Å²) in [6.07, 6.45) is 1.86. The van der Waals surface area contributed by atoms with Crippen molar-refractivity contribution in [1.82, 2.24) is 9.55 Å². The van der Waals surface area contributed by atoms with Crippen molar-refractivity contribution >= 4 is 21.8 Å². The molecule has 0 radical (unpaired) electrons. The minimum absolute atomic E-state index is 0.442. The highest BCUT2D eigenvalue weighted by atomic mass is 15.0. The van der Waals surface area contributed by atoms with Gasteiger partial charge in [0.2, 0.25) is 0 Å².